The van der Waals surface area contributed by atoms with Gasteiger partial charge in [0.25, 0.3) is 6.43 Å². The molecule has 1 heterocycles. The molecule has 6 heteroatoms. The first-order chi connectivity index (χ1) is 6.06. The lowest BCUT2D eigenvalue weighted by molar-refractivity contribution is 0.147. The molecule has 0 aliphatic heterocycles. The highest BCUT2D eigenvalue weighted by molar-refractivity contribution is 5.58. The third-order valence-corrected chi connectivity index (χ3v) is 1.49. The molecule has 0 aliphatic rings. The van der Waals surface area contributed by atoms with Crippen molar-refractivity contribution in [3.05, 3.63) is 11.6 Å². The molecule has 4 nitrogen and oxygen atoms in total. The Morgan fingerprint density at radius 3 is 2.54 bits per heavy atom. The number of nitrogens with two attached hydrogens (primary N) is 2. The second kappa shape index (κ2) is 3.42. The van der Waals surface area contributed by atoms with Crippen molar-refractivity contribution in [1.82, 2.24) is 4.98 Å². The molecule has 1 aromatic heterocycles. The lowest BCUT2D eigenvalue weighted by Crippen LogP contribution is -2.03. The van der Waals surface area contributed by atoms with Crippen molar-refractivity contribution < 1.29 is 13.5 Å². The summed E-state index contributed by atoms with van der Waals surface area (Å²) in [5.41, 5.74) is 10.1. The van der Waals surface area contributed by atoms with E-state index in [2.05, 4.69) is 9.72 Å². The van der Waals surface area contributed by atoms with Gasteiger partial charge >= 0.3 is 0 Å². The second-order valence-corrected chi connectivity index (χ2v) is 2.36. The van der Waals surface area contributed by atoms with E-state index in [0.717, 1.165) is 0 Å². The van der Waals surface area contributed by atoms with Crippen molar-refractivity contribution in [3.8, 4) is 5.88 Å². The number of anilines is 2. The summed E-state index contributed by atoms with van der Waals surface area (Å²) < 4.78 is 29.3. The van der Waals surface area contributed by atoms with Gasteiger partial charge in [-0.2, -0.15) is 4.98 Å². The SMILES string of the molecule is COc1nc(N)cc(N)c1C(F)F. The van der Waals surface area contributed by atoms with Gasteiger partial charge in [0.05, 0.1) is 7.11 Å². The van der Waals surface area contributed by atoms with E-state index in [-0.39, 0.29) is 17.4 Å². The third-order valence-electron chi connectivity index (χ3n) is 1.49. The number of aromatic nitrogens is 1. The highest BCUT2D eigenvalue weighted by atomic mass is 19.3. The molecular formula is C7H9F2N3O. The topological polar surface area (TPSA) is 74.2 Å². The molecule has 0 unspecified atom stereocenters. The number of methoxy groups -OCH3 is 1. The third kappa shape index (κ3) is 1.77. The van der Waals surface area contributed by atoms with E-state index < -0.39 is 12.0 Å². The second-order valence-electron chi connectivity index (χ2n) is 2.36. The molecule has 0 atom stereocenters. The first-order valence-electron chi connectivity index (χ1n) is 3.44. The van der Waals surface area contributed by atoms with Crippen LogP contribution in [0.5, 0.6) is 5.88 Å². The molecule has 0 spiro atoms. The number of ether oxygens (including phenoxy) is 1. The van der Waals surface area contributed by atoms with Crippen LogP contribution < -0.4 is 16.2 Å². The number of hydrogen-bond donors (Lipinski definition) is 2. The maximum atomic E-state index is 12.4. The van der Waals surface area contributed by atoms with Gasteiger partial charge < -0.3 is 16.2 Å². The van der Waals surface area contributed by atoms with Crippen LogP contribution in [0.1, 0.15) is 12.0 Å². The van der Waals surface area contributed by atoms with E-state index in [1.54, 1.807) is 0 Å². The number of pyridine rings is 1. The average molecular weight is 189 g/mol. The fraction of sp³-hybridized carbons (Fsp3) is 0.286. The molecule has 1 rings (SSSR count). The largest absolute Gasteiger partial charge is 0.481 e. The summed E-state index contributed by atoms with van der Waals surface area (Å²) in [5.74, 6) is -0.175. The summed E-state index contributed by atoms with van der Waals surface area (Å²) in [6, 6.07) is 1.17. The van der Waals surface area contributed by atoms with Crippen LogP contribution >= 0.6 is 0 Å². The summed E-state index contributed by atoms with van der Waals surface area (Å²) in [6.45, 7) is 0. The predicted molar refractivity (Wildman–Crippen MR) is 44.6 cm³/mol. The lowest BCUT2D eigenvalue weighted by atomic mass is 10.2. The number of nitrogens with zero attached hydrogens (tertiary/aromatic N) is 1. The van der Waals surface area contributed by atoms with E-state index >= 15 is 0 Å². The minimum Gasteiger partial charge on any atom is -0.481 e. The zero-order chi connectivity index (χ0) is 10.0. The van der Waals surface area contributed by atoms with Crippen LogP contribution in [0.2, 0.25) is 0 Å². The number of rotatable bonds is 2. The minimum absolute atomic E-state index is 0.0544. The van der Waals surface area contributed by atoms with Gasteiger partial charge in [-0.1, -0.05) is 0 Å². The van der Waals surface area contributed by atoms with Crippen molar-refractivity contribution in [3.63, 3.8) is 0 Å². The van der Waals surface area contributed by atoms with Crippen LogP contribution in [0.15, 0.2) is 6.07 Å². The van der Waals surface area contributed by atoms with Gasteiger partial charge in [0.2, 0.25) is 5.88 Å². The highest BCUT2D eigenvalue weighted by Gasteiger charge is 2.19. The van der Waals surface area contributed by atoms with E-state index in [1.807, 2.05) is 0 Å². The Kier molecular flexibility index (Phi) is 2.50. The molecule has 0 saturated carbocycles. The fourth-order valence-corrected chi connectivity index (χ4v) is 0.945. The van der Waals surface area contributed by atoms with Crippen molar-refractivity contribution in [2.75, 3.05) is 18.6 Å². The van der Waals surface area contributed by atoms with Crippen molar-refractivity contribution in [2.45, 2.75) is 6.43 Å². The first-order valence-corrected chi connectivity index (χ1v) is 3.44. The summed E-state index contributed by atoms with van der Waals surface area (Å²) >= 11 is 0. The molecule has 72 valence electrons. The molecule has 0 aliphatic carbocycles. The molecule has 0 saturated heterocycles. The van der Waals surface area contributed by atoms with Gasteiger partial charge in [0.1, 0.15) is 11.4 Å². The van der Waals surface area contributed by atoms with Crippen LogP contribution in [-0.4, -0.2) is 12.1 Å². The van der Waals surface area contributed by atoms with Crippen molar-refractivity contribution in [1.29, 1.82) is 0 Å². The molecule has 13 heavy (non-hydrogen) atoms. The molecule has 1 aromatic rings. The van der Waals surface area contributed by atoms with Gasteiger partial charge in [-0.25, -0.2) is 8.78 Å². The molecule has 0 amide bonds. The molecular weight excluding hydrogens is 180 g/mol. The zero-order valence-electron chi connectivity index (χ0n) is 6.92. The first kappa shape index (κ1) is 9.50. The average Bonchev–Trinajstić information content (AvgIpc) is 2.01. The van der Waals surface area contributed by atoms with Gasteiger partial charge in [0, 0.05) is 11.8 Å². The molecule has 0 radical (unpaired) electrons. The molecule has 0 fully saturated rings. The van der Waals surface area contributed by atoms with E-state index in [0.29, 0.717) is 0 Å². The number of nitrogen functional groups attached to an aromatic ring is 2. The Morgan fingerprint density at radius 1 is 1.46 bits per heavy atom. The number of hydrogen-bond acceptors (Lipinski definition) is 4. The smallest absolute Gasteiger partial charge is 0.271 e. The van der Waals surface area contributed by atoms with Crippen LogP contribution in [0.3, 0.4) is 0 Å². The van der Waals surface area contributed by atoms with Gasteiger partial charge in [-0.05, 0) is 0 Å². The summed E-state index contributed by atoms with van der Waals surface area (Å²) in [6.07, 6.45) is -2.72. The standard InChI is InChI=1S/C7H9F2N3O/c1-13-7-5(6(8)9)3(10)2-4(11)12-7/h2,6H,1H3,(H4,10,11,12). The number of alkyl halides is 2. The van der Waals surface area contributed by atoms with Crippen molar-refractivity contribution >= 4 is 11.5 Å². The van der Waals surface area contributed by atoms with E-state index in [1.165, 1.54) is 13.2 Å². The van der Waals surface area contributed by atoms with Crippen LogP contribution in [0, 0.1) is 0 Å². The fourth-order valence-electron chi connectivity index (χ4n) is 0.945. The summed E-state index contributed by atoms with van der Waals surface area (Å²) in [4.78, 5) is 3.57. The maximum absolute atomic E-state index is 12.4. The molecule has 0 aromatic carbocycles. The Morgan fingerprint density at radius 2 is 2.08 bits per heavy atom. The monoisotopic (exact) mass is 189 g/mol. The van der Waals surface area contributed by atoms with E-state index in [9.17, 15) is 8.78 Å². The van der Waals surface area contributed by atoms with E-state index in [4.69, 9.17) is 11.5 Å². The Hall–Kier alpha value is -1.59. The Bertz CT molecular complexity index is 317. The predicted octanol–water partition coefficient (Wildman–Crippen LogP) is 1.19. The minimum atomic E-state index is -2.72. The number of halogens is 2. The van der Waals surface area contributed by atoms with Crippen LogP contribution in [0.4, 0.5) is 20.3 Å². The van der Waals surface area contributed by atoms with Gasteiger partial charge in [-0.3, -0.25) is 0 Å². The zero-order valence-corrected chi connectivity index (χ0v) is 6.92. The normalized spacial score (nSPS) is 10.5. The van der Waals surface area contributed by atoms with Crippen molar-refractivity contribution in [2.24, 2.45) is 0 Å². The Labute approximate surface area is 73.5 Å². The van der Waals surface area contributed by atoms with Gasteiger partial charge in [-0.15, -0.1) is 0 Å². The van der Waals surface area contributed by atoms with Gasteiger partial charge in [0.15, 0.2) is 0 Å². The molecule has 4 N–H and O–H groups in total. The summed E-state index contributed by atoms with van der Waals surface area (Å²) in [7, 11) is 1.23. The van der Waals surface area contributed by atoms with Crippen LogP contribution in [-0.2, 0) is 0 Å². The lowest BCUT2D eigenvalue weighted by Gasteiger charge is -2.09. The highest BCUT2D eigenvalue weighted by Crippen LogP contribution is 2.33. The molecule has 0 bridgehead atoms. The quantitative estimate of drug-likeness (QED) is 0.732. The maximum Gasteiger partial charge on any atom is 0.271 e. The summed E-state index contributed by atoms with van der Waals surface area (Å²) in [5, 5.41) is 0. The van der Waals surface area contributed by atoms with Crippen LogP contribution in [0.25, 0.3) is 0 Å². The Balaban J connectivity index is 3.30.